The lowest BCUT2D eigenvalue weighted by atomic mass is 10.2. The summed E-state index contributed by atoms with van der Waals surface area (Å²) < 4.78 is 32.4. The van der Waals surface area contributed by atoms with Crippen LogP contribution in [-0.4, -0.2) is 21.5 Å². The first-order valence-electron chi connectivity index (χ1n) is 5.89. The number of anilines is 1. The molecule has 0 aliphatic carbocycles. The Kier molecular flexibility index (Phi) is 4.64. The minimum absolute atomic E-state index is 0.00619. The van der Waals surface area contributed by atoms with Gasteiger partial charge in [0.2, 0.25) is 0 Å². The van der Waals surface area contributed by atoms with E-state index in [1.807, 2.05) is 0 Å². The third-order valence-electron chi connectivity index (χ3n) is 2.66. The lowest BCUT2D eigenvalue weighted by Crippen LogP contribution is -2.14. The first-order chi connectivity index (χ1) is 9.92. The summed E-state index contributed by atoms with van der Waals surface area (Å²) in [6.45, 7) is 0. The van der Waals surface area contributed by atoms with Crippen molar-refractivity contribution in [2.24, 2.45) is 0 Å². The average Bonchev–Trinajstić information content (AvgIpc) is 2.49. The van der Waals surface area contributed by atoms with E-state index in [1.54, 1.807) is 24.3 Å². The van der Waals surface area contributed by atoms with E-state index in [0.29, 0.717) is 5.69 Å². The molecule has 0 saturated carbocycles. The van der Waals surface area contributed by atoms with Crippen LogP contribution in [-0.2, 0) is 14.8 Å². The lowest BCUT2D eigenvalue weighted by molar-refractivity contribution is 0.0600. The maximum Gasteiger partial charge on any atom is 0.337 e. The van der Waals surface area contributed by atoms with Gasteiger partial charge in [-0.15, -0.1) is 0 Å². The molecular weight excluding hydrogens is 358 g/mol. The largest absolute Gasteiger partial charge is 0.465 e. The molecule has 2 rings (SSSR count). The van der Waals surface area contributed by atoms with Gasteiger partial charge in [-0.2, -0.15) is 0 Å². The van der Waals surface area contributed by atoms with Gasteiger partial charge in [-0.05, 0) is 42.5 Å². The van der Waals surface area contributed by atoms with E-state index < -0.39 is 16.0 Å². The Morgan fingerprint density at radius 1 is 1.14 bits per heavy atom. The minimum atomic E-state index is -3.76. The molecule has 2 aromatic rings. The van der Waals surface area contributed by atoms with Gasteiger partial charge < -0.3 is 4.74 Å². The van der Waals surface area contributed by atoms with Gasteiger partial charge in [0.15, 0.2) is 0 Å². The van der Waals surface area contributed by atoms with Crippen molar-refractivity contribution in [1.82, 2.24) is 0 Å². The van der Waals surface area contributed by atoms with E-state index in [4.69, 9.17) is 0 Å². The summed E-state index contributed by atoms with van der Waals surface area (Å²) in [6.07, 6.45) is 0. The van der Waals surface area contributed by atoms with Crippen molar-refractivity contribution in [2.75, 3.05) is 11.8 Å². The van der Waals surface area contributed by atoms with E-state index in [2.05, 4.69) is 25.4 Å². The van der Waals surface area contributed by atoms with Crippen LogP contribution >= 0.6 is 15.9 Å². The van der Waals surface area contributed by atoms with Gasteiger partial charge >= 0.3 is 5.97 Å². The van der Waals surface area contributed by atoms with Gasteiger partial charge in [-0.25, -0.2) is 13.2 Å². The van der Waals surface area contributed by atoms with Crippen LogP contribution in [0.4, 0.5) is 5.69 Å². The molecule has 0 aliphatic rings. The van der Waals surface area contributed by atoms with Crippen LogP contribution in [0.15, 0.2) is 57.9 Å². The number of halogens is 1. The number of nitrogens with one attached hydrogen (secondary N) is 1. The third kappa shape index (κ3) is 3.83. The summed E-state index contributed by atoms with van der Waals surface area (Å²) in [6, 6.07) is 12.4. The fourth-order valence-corrected chi connectivity index (χ4v) is 3.01. The molecule has 0 heterocycles. The molecule has 0 radical (unpaired) electrons. The number of sulfonamides is 1. The van der Waals surface area contributed by atoms with E-state index in [9.17, 15) is 13.2 Å². The zero-order valence-corrected chi connectivity index (χ0v) is 13.4. The van der Waals surface area contributed by atoms with Crippen LogP contribution in [0, 0.1) is 0 Å². The fourth-order valence-electron chi connectivity index (χ4n) is 1.64. The van der Waals surface area contributed by atoms with Crippen LogP contribution in [0.2, 0.25) is 0 Å². The molecule has 0 fully saturated rings. The lowest BCUT2D eigenvalue weighted by Gasteiger charge is -2.09. The van der Waals surface area contributed by atoms with Crippen molar-refractivity contribution >= 4 is 37.6 Å². The third-order valence-corrected chi connectivity index (χ3v) is 4.57. The highest BCUT2D eigenvalue weighted by Gasteiger charge is 2.16. The van der Waals surface area contributed by atoms with Crippen molar-refractivity contribution in [3.05, 3.63) is 58.6 Å². The summed E-state index contributed by atoms with van der Waals surface area (Å²) in [5.74, 6) is -0.587. The van der Waals surface area contributed by atoms with Crippen LogP contribution < -0.4 is 4.72 Å². The quantitative estimate of drug-likeness (QED) is 0.840. The summed E-state index contributed by atoms with van der Waals surface area (Å²) >= 11 is 3.27. The van der Waals surface area contributed by atoms with Crippen LogP contribution in [0.3, 0.4) is 0 Å². The fraction of sp³-hybridized carbons (Fsp3) is 0.0714. The van der Waals surface area contributed by atoms with Gasteiger partial charge in [-0.3, -0.25) is 4.72 Å². The van der Waals surface area contributed by atoms with Crippen LogP contribution in [0.25, 0.3) is 0 Å². The van der Waals surface area contributed by atoms with Gasteiger partial charge in [0.05, 0.1) is 17.6 Å². The molecule has 7 heteroatoms. The second kappa shape index (κ2) is 6.28. The van der Waals surface area contributed by atoms with Gasteiger partial charge in [0.1, 0.15) is 0 Å². The molecule has 1 N–H and O–H groups in total. The molecular formula is C14H12BrNO4S. The van der Waals surface area contributed by atoms with E-state index in [1.165, 1.54) is 31.4 Å². The number of carbonyl (C=O) groups is 1. The minimum Gasteiger partial charge on any atom is -0.465 e. The SMILES string of the molecule is COC(=O)c1cccc(S(=O)(=O)Nc2ccc(Br)cc2)c1. The molecule has 0 amide bonds. The van der Waals surface area contributed by atoms with Crippen molar-refractivity contribution in [3.8, 4) is 0 Å². The Morgan fingerprint density at radius 3 is 2.43 bits per heavy atom. The Morgan fingerprint density at radius 2 is 1.81 bits per heavy atom. The van der Waals surface area contributed by atoms with Crippen molar-refractivity contribution < 1.29 is 17.9 Å². The van der Waals surface area contributed by atoms with E-state index in [0.717, 1.165) is 4.47 Å². The predicted molar refractivity (Wildman–Crippen MR) is 82.7 cm³/mol. The Hall–Kier alpha value is -1.86. The predicted octanol–water partition coefficient (Wildman–Crippen LogP) is 3.04. The first kappa shape index (κ1) is 15.5. The van der Waals surface area contributed by atoms with Gasteiger partial charge in [0, 0.05) is 10.2 Å². The molecule has 21 heavy (non-hydrogen) atoms. The standard InChI is InChI=1S/C14H12BrNO4S/c1-20-14(17)10-3-2-4-13(9-10)21(18,19)16-12-7-5-11(15)6-8-12/h2-9,16H,1H3. The monoisotopic (exact) mass is 369 g/mol. The maximum absolute atomic E-state index is 12.3. The number of hydrogen-bond acceptors (Lipinski definition) is 4. The molecule has 0 atom stereocenters. The number of rotatable bonds is 4. The molecule has 0 bridgehead atoms. The second-order valence-corrected chi connectivity index (χ2v) is 6.73. The van der Waals surface area contributed by atoms with Crippen molar-refractivity contribution in [1.29, 1.82) is 0 Å². The topological polar surface area (TPSA) is 72.5 Å². The van der Waals surface area contributed by atoms with Gasteiger partial charge in [0.25, 0.3) is 10.0 Å². The Bertz CT molecular complexity index is 757. The molecule has 0 aliphatic heterocycles. The normalized spacial score (nSPS) is 11.0. The van der Waals surface area contributed by atoms with Crippen molar-refractivity contribution in [2.45, 2.75) is 4.90 Å². The summed E-state index contributed by atoms with van der Waals surface area (Å²) in [5, 5.41) is 0. The number of methoxy groups -OCH3 is 1. The Balaban J connectivity index is 2.31. The molecule has 2 aromatic carbocycles. The smallest absolute Gasteiger partial charge is 0.337 e. The Labute approximate surface area is 131 Å². The number of hydrogen-bond donors (Lipinski definition) is 1. The number of carbonyl (C=O) groups excluding carboxylic acids is 1. The molecule has 0 aromatic heterocycles. The molecule has 5 nitrogen and oxygen atoms in total. The number of esters is 1. The first-order valence-corrected chi connectivity index (χ1v) is 8.17. The molecule has 0 spiro atoms. The van der Waals surface area contributed by atoms with Crippen molar-refractivity contribution in [3.63, 3.8) is 0 Å². The van der Waals surface area contributed by atoms with Gasteiger partial charge in [-0.1, -0.05) is 22.0 Å². The molecule has 110 valence electrons. The molecule has 0 saturated heterocycles. The zero-order valence-electron chi connectivity index (χ0n) is 11.0. The number of ether oxygens (including phenoxy) is 1. The maximum atomic E-state index is 12.3. The molecule has 0 unspecified atom stereocenters. The number of benzene rings is 2. The summed E-state index contributed by atoms with van der Waals surface area (Å²) in [7, 11) is -2.52. The van der Waals surface area contributed by atoms with Crippen LogP contribution in [0.1, 0.15) is 10.4 Å². The van der Waals surface area contributed by atoms with E-state index >= 15 is 0 Å². The highest BCUT2D eigenvalue weighted by atomic mass is 79.9. The average molecular weight is 370 g/mol. The zero-order chi connectivity index (χ0) is 15.5. The summed E-state index contributed by atoms with van der Waals surface area (Å²) in [5.41, 5.74) is 0.609. The van der Waals surface area contributed by atoms with Crippen LogP contribution in [0.5, 0.6) is 0 Å². The highest BCUT2D eigenvalue weighted by Crippen LogP contribution is 2.19. The highest BCUT2D eigenvalue weighted by molar-refractivity contribution is 9.10. The van der Waals surface area contributed by atoms with E-state index in [-0.39, 0.29) is 10.5 Å². The second-order valence-electron chi connectivity index (χ2n) is 4.13. The summed E-state index contributed by atoms with van der Waals surface area (Å²) in [4.78, 5) is 11.4.